The normalized spacial score (nSPS) is 19.2. The summed E-state index contributed by atoms with van der Waals surface area (Å²) in [6.07, 6.45) is 1.91. The van der Waals surface area contributed by atoms with Crippen molar-refractivity contribution < 1.29 is 4.79 Å². The molecule has 5 nitrogen and oxygen atoms in total. The first-order valence-corrected chi connectivity index (χ1v) is 6.65. The third-order valence-electron chi connectivity index (χ3n) is 3.49. The Hall–Kier alpha value is -1.52. The summed E-state index contributed by atoms with van der Waals surface area (Å²) in [5.41, 5.74) is 1.84. The van der Waals surface area contributed by atoms with Gasteiger partial charge < -0.3 is 10.6 Å². The summed E-state index contributed by atoms with van der Waals surface area (Å²) in [6, 6.07) is 0. The maximum absolute atomic E-state index is 12.2. The van der Waals surface area contributed by atoms with Crippen molar-refractivity contribution in [2.75, 3.05) is 17.2 Å². The highest BCUT2D eigenvalue weighted by Crippen LogP contribution is 2.30. The molecule has 5 heteroatoms. The number of carbonyl (C=O) groups excluding carboxylic acids is 1. The van der Waals surface area contributed by atoms with Crippen LogP contribution in [0.3, 0.4) is 0 Å². The Kier molecular flexibility index (Phi) is 3.59. The van der Waals surface area contributed by atoms with Crippen LogP contribution in [0.1, 0.15) is 32.9 Å². The van der Waals surface area contributed by atoms with E-state index in [1.807, 2.05) is 11.7 Å². The number of aromatic nitrogens is 2. The Morgan fingerprint density at radius 3 is 2.83 bits per heavy atom. The van der Waals surface area contributed by atoms with Gasteiger partial charge in [-0.25, -0.2) is 0 Å². The smallest absolute Gasteiger partial charge is 0.229 e. The molecule has 0 aromatic carbocycles. The maximum atomic E-state index is 12.2. The minimum atomic E-state index is 0.00637. The number of rotatable bonds is 3. The molecular formula is C13H22N4O. The predicted molar refractivity (Wildman–Crippen MR) is 72.7 cm³/mol. The highest BCUT2D eigenvalue weighted by atomic mass is 16.2. The number of nitrogens with zero attached hydrogens (tertiary/aromatic N) is 2. The molecule has 2 rings (SSSR count). The van der Waals surface area contributed by atoms with Gasteiger partial charge in [0.25, 0.3) is 0 Å². The summed E-state index contributed by atoms with van der Waals surface area (Å²) >= 11 is 0. The Bertz CT molecular complexity index is 450. The van der Waals surface area contributed by atoms with Crippen LogP contribution in [0.2, 0.25) is 0 Å². The monoisotopic (exact) mass is 250 g/mol. The quantitative estimate of drug-likeness (QED) is 0.862. The van der Waals surface area contributed by atoms with Crippen molar-refractivity contribution in [1.82, 2.24) is 9.78 Å². The molecule has 0 bridgehead atoms. The summed E-state index contributed by atoms with van der Waals surface area (Å²) in [6.45, 7) is 6.94. The largest absolute Gasteiger partial charge is 0.368 e. The van der Waals surface area contributed by atoms with Gasteiger partial charge in [0.1, 0.15) is 11.5 Å². The molecule has 100 valence electrons. The second kappa shape index (κ2) is 5.00. The van der Waals surface area contributed by atoms with Crippen LogP contribution in [-0.4, -0.2) is 22.2 Å². The van der Waals surface area contributed by atoms with Gasteiger partial charge in [-0.3, -0.25) is 9.48 Å². The molecule has 1 unspecified atom stereocenters. The highest BCUT2D eigenvalue weighted by Gasteiger charge is 2.29. The lowest BCUT2D eigenvalue weighted by Crippen LogP contribution is -2.30. The highest BCUT2D eigenvalue weighted by molar-refractivity contribution is 5.97. The first-order chi connectivity index (χ1) is 8.54. The molecule has 1 aliphatic heterocycles. The van der Waals surface area contributed by atoms with Crippen LogP contribution in [0.4, 0.5) is 11.5 Å². The average molecular weight is 250 g/mol. The summed E-state index contributed by atoms with van der Waals surface area (Å²) in [7, 11) is 1.91. The molecule has 0 saturated heterocycles. The van der Waals surface area contributed by atoms with E-state index in [1.54, 1.807) is 0 Å². The fraction of sp³-hybridized carbons (Fsp3) is 0.692. The van der Waals surface area contributed by atoms with E-state index in [-0.39, 0.29) is 11.8 Å². The summed E-state index contributed by atoms with van der Waals surface area (Å²) < 4.78 is 1.82. The van der Waals surface area contributed by atoms with E-state index >= 15 is 0 Å². The maximum Gasteiger partial charge on any atom is 0.229 e. The first-order valence-electron chi connectivity index (χ1n) is 6.65. The number of hydrogen-bond acceptors (Lipinski definition) is 3. The minimum Gasteiger partial charge on any atom is -0.368 e. The molecule has 1 aliphatic rings. The lowest BCUT2D eigenvalue weighted by molar-refractivity contribution is -0.120. The van der Waals surface area contributed by atoms with Gasteiger partial charge in [0.05, 0.1) is 11.6 Å². The van der Waals surface area contributed by atoms with Crippen LogP contribution >= 0.6 is 0 Å². The van der Waals surface area contributed by atoms with E-state index in [2.05, 4.69) is 36.5 Å². The molecule has 1 aromatic rings. The van der Waals surface area contributed by atoms with Crippen LogP contribution in [0, 0.1) is 11.8 Å². The number of aryl methyl sites for hydroxylation is 2. The molecule has 0 saturated carbocycles. The van der Waals surface area contributed by atoms with Gasteiger partial charge in [-0.1, -0.05) is 27.2 Å². The van der Waals surface area contributed by atoms with Crippen LogP contribution in [-0.2, 0) is 18.3 Å². The van der Waals surface area contributed by atoms with Crippen molar-refractivity contribution in [3.05, 3.63) is 5.69 Å². The fourth-order valence-corrected chi connectivity index (χ4v) is 2.38. The summed E-state index contributed by atoms with van der Waals surface area (Å²) in [5.74, 6) is 1.36. The fourth-order valence-electron chi connectivity index (χ4n) is 2.38. The molecule has 2 heterocycles. The number of nitrogens with one attached hydrogen (secondary N) is 2. The second-order valence-corrected chi connectivity index (χ2v) is 5.26. The van der Waals surface area contributed by atoms with Crippen molar-refractivity contribution in [3.63, 3.8) is 0 Å². The average Bonchev–Trinajstić information content (AvgIpc) is 2.48. The Balaban J connectivity index is 2.32. The SMILES string of the molecule is CCCc1nn(C)c2c1NC(=O)C(C(C)C)CN2. The molecule has 0 fully saturated rings. The number of anilines is 2. The second-order valence-electron chi connectivity index (χ2n) is 5.26. The van der Waals surface area contributed by atoms with Crippen molar-refractivity contribution in [1.29, 1.82) is 0 Å². The van der Waals surface area contributed by atoms with Crippen LogP contribution in [0.25, 0.3) is 0 Å². The Morgan fingerprint density at radius 1 is 1.50 bits per heavy atom. The minimum absolute atomic E-state index is 0.00637. The molecule has 0 spiro atoms. The molecule has 2 N–H and O–H groups in total. The standard InChI is InChI=1S/C13H22N4O/c1-5-6-10-11-12(17(4)16-10)14-7-9(8(2)3)13(18)15-11/h8-9,14H,5-7H2,1-4H3,(H,15,18). The zero-order chi connectivity index (χ0) is 13.3. The van der Waals surface area contributed by atoms with E-state index in [0.717, 1.165) is 30.0 Å². The molecule has 0 radical (unpaired) electrons. The predicted octanol–water partition coefficient (Wildman–Crippen LogP) is 2.01. The molecule has 1 aromatic heterocycles. The van der Waals surface area contributed by atoms with Gasteiger partial charge >= 0.3 is 0 Å². The Morgan fingerprint density at radius 2 is 2.22 bits per heavy atom. The number of carbonyl (C=O) groups is 1. The van der Waals surface area contributed by atoms with Crippen molar-refractivity contribution >= 4 is 17.4 Å². The zero-order valence-corrected chi connectivity index (χ0v) is 11.6. The molecule has 0 aliphatic carbocycles. The lowest BCUT2D eigenvalue weighted by Gasteiger charge is -2.17. The van der Waals surface area contributed by atoms with Crippen molar-refractivity contribution in [2.45, 2.75) is 33.6 Å². The van der Waals surface area contributed by atoms with Crippen LogP contribution in [0.5, 0.6) is 0 Å². The first kappa shape index (κ1) is 12.9. The lowest BCUT2D eigenvalue weighted by atomic mass is 9.95. The third kappa shape index (κ3) is 2.21. The summed E-state index contributed by atoms with van der Waals surface area (Å²) in [5, 5.41) is 10.9. The van der Waals surface area contributed by atoms with Gasteiger partial charge in [-0.05, 0) is 12.3 Å². The molecular weight excluding hydrogens is 228 g/mol. The van der Waals surface area contributed by atoms with Crippen LogP contribution in [0.15, 0.2) is 0 Å². The van der Waals surface area contributed by atoms with Gasteiger partial charge in [-0.15, -0.1) is 0 Å². The number of fused-ring (bicyclic) bond motifs is 1. The van der Waals surface area contributed by atoms with Gasteiger partial charge in [0.2, 0.25) is 5.91 Å². The van der Waals surface area contributed by atoms with E-state index < -0.39 is 0 Å². The van der Waals surface area contributed by atoms with Gasteiger partial charge in [0, 0.05) is 13.6 Å². The van der Waals surface area contributed by atoms with E-state index in [4.69, 9.17) is 0 Å². The number of hydrogen-bond donors (Lipinski definition) is 2. The van der Waals surface area contributed by atoms with Gasteiger partial charge in [0.15, 0.2) is 0 Å². The molecule has 18 heavy (non-hydrogen) atoms. The van der Waals surface area contributed by atoms with E-state index in [0.29, 0.717) is 12.5 Å². The summed E-state index contributed by atoms with van der Waals surface area (Å²) in [4.78, 5) is 12.2. The molecule has 1 atom stereocenters. The molecule has 1 amide bonds. The van der Waals surface area contributed by atoms with Crippen LogP contribution < -0.4 is 10.6 Å². The zero-order valence-electron chi connectivity index (χ0n) is 11.6. The topological polar surface area (TPSA) is 59.0 Å². The Labute approximate surface area is 108 Å². The van der Waals surface area contributed by atoms with Crippen molar-refractivity contribution in [2.24, 2.45) is 18.9 Å². The van der Waals surface area contributed by atoms with E-state index in [1.165, 1.54) is 0 Å². The van der Waals surface area contributed by atoms with E-state index in [9.17, 15) is 4.79 Å². The van der Waals surface area contributed by atoms with Gasteiger partial charge in [-0.2, -0.15) is 5.10 Å². The third-order valence-corrected chi connectivity index (χ3v) is 3.49. The van der Waals surface area contributed by atoms with Crippen molar-refractivity contribution in [3.8, 4) is 0 Å². The number of amides is 1.